The van der Waals surface area contributed by atoms with Gasteiger partial charge in [0.25, 0.3) is 0 Å². The molecule has 124 valence electrons. The molecule has 0 aliphatic rings. The van der Waals surface area contributed by atoms with E-state index in [-0.39, 0.29) is 27.5 Å². The monoisotopic (exact) mass is 328 g/mol. The number of aliphatic hydroxyl groups is 2. The van der Waals surface area contributed by atoms with Crippen molar-refractivity contribution in [3.05, 3.63) is 57.2 Å². The molecule has 24 heavy (non-hydrogen) atoms. The van der Waals surface area contributed by atoms with Crippen LogP contribution >= 0.6 is 0 Å². The molecule has 0 spiro atoms. The normalized spacial score (nSPS) is 14.0. The fourth-order valence-corrected chi connectivity index (χ4v) is 2.69. The molecule has 0 bridgehead atoms. The van der Waals surface area contributed by atoms with E-state index in [0.29, 0.717) is 11.1 Å². The highest BCUT2D eigenvalue weighted by molar-refractivity contribution is 5.96. The first-order valence-corrected chi connectivity index (χ1v) is 7.43. The summed E-state index contributed by atoms with van der Waals surface area (Å²) in [5.74, 6) is -1.14. The largest absolute Gasteiger partial charge is 0.478 e. The smallest absolute Gasteiger partial charge is 0.335 e. The molecule has 0 aliphatic carbocycles. The molecule has 0 aliphatic heterocycles. The topological polar surface area (TPSA) is 108 Å². The van der Waals surface area contributed by atoms with Gasteiger partial charge in [0, 0.05) is 5.56 Å². The highest BCUT2D eigenvalue weighted by Gasteiger charge is 2.18. The maximum Gasteiger partial charge on any atom is 0.335 e. The van der Waals surface area contributed by atoms with Crippen LogP contribution < -0.4 is 5.43 Å². The molecule has 3 N–H and O–H groups in total. The van der Waals surface area contributed by atoms with Crippen molar-refractivity contribution >= 4 is 27.9 Å². The highest BCUT2D eigenvalue weighted by atomic mass is 16.4. The maximum absolute atomic E-state index is 12.8. The second-order valence-electron chi connectivity index (χ2n) is 5.79. The van der Waals surface area contributed by atoms with Gasteiger partial charge < -0.3 is 19.7 Å². The van der Waals surface area contributed by atoms with Crippen LogP contribution in [-0.2, 0) is 0 Å². The van der Waals surface area contributed by atoms with Gasteiger partial charge in [-0.15, -0.1) is 0 Å². The number of aromatic carboxylic acids is 1. The SMILES string of the molecule is CC(O)c1cc(C(C)O)c2oc3ccc(C(=O)O)cc3c(=O)c2c1. The lowest BCUT2D eigenvalue weighted by Gasteiger charge is -2.13. The van der Waals surface area contributed by atoms with Crippen LogP contribution in [-0.4, -0.2) is 21.3 Å². The fraction of sp³-hybridized carbons (Fsp3) is 0.222. The highest BCUT2D eigenvalue weighted by Crippen LogP contribution is 2.29. The average Bonchev–Trinajstić information content (AvgIpc) is 2.53. The zero-order valence-corrected chi connectivity index (χ0v) is 13.1. The van der Waals surface area contributed by atoms with Crippen LogP contribution in [0.1, 0.15) is 47.5 Å². The van der Waals surface area contributed by atoms with Crippen molar-refractivity contribution in [1.29, 1.82) is 0 Å². The van der Waals surface area contributed by atoms with E-state index in [2.05, 4.69) is 0 Å². The number of aliphatic hydroxyl groups excluding tert-OH is 2. The Morgan fingerprint density at radius 2 is 1.75 bits per heavy atom. The summed E-state index contributed by atoms with van der Waals surface area (Å²) in [5, 5.41) is 29.2. The number of rotatable bonds is 3. The summed E-state index contributed by atoms with van der Waals surface area (Å²) in [6.45, 7) is 3.09. The van der Waals surface area contributed by atoms with E-state index in [1.165, 1.54) is 31.2 Å². The minimum atomic E-state index is -1.14. The van der Waals surface area contributed by atoms with E-state index in [9.17, 15) is 19.8 Å². The summed E-state index contributed by atoms with van der Waals surface area (Å²) in [4.78, 5) is 23.9. The fourth-order valence-electron chi connectivity index (χ4n) is 2.69. The summed E-state index contributed by atoms with van der Waals surface area (Å²) < 4.78 is 5.75. The van der Waals surface area contributed by atoms with Gasteiger partial charge in [-0.2, -0.15) is 0 Å². The minimum absolute atomic E-state index is 0.0171. The van der Waals surface area contributed by atoms with E-state index in [0.717, 1.165) is 0 Å². The second-order valence-corrected chi connectivity index (χ2v) is 5.79. The molecule has 0 amide bonds. The molecule has 3 rings (SSSR count). The van der Waals surface area contributed by atoms with Crippen molar-refractivity contribution < 1.29 is 24.5 Å². The average molecular weight is 328 g/mol. The van der Waals surface area contributed by atoms with Gasteiger partial charge in [0.2, 0.25) is 5.43 Å². The predicted molar refractivity (Wildman–Crippen MR) is 88.2 cm³/mol. The van der Waals surface area contributed by atoms with E-state index in [1.807, 2.05) is 0 Å². The van der Waals surface area contributed by atoms with E-state index >= 15 is 0 Å². The third-order valence-corrected chi connectivity index (χ3v) is 4.00. The summed E-state index contributed by atoms with van der Waals surface area (Å²) in [5.41, 5.74) is 0.915. The number of fused-ring (bicyclic) bond motifs is 2. The zero-order valence-electron chi connectivity index (χ0n) is 13.1. The zero-order chi connectivity index (χ0) is 17.6. The molecule has 3 aromatic rings. The Kier molecular flexibility index (Phi) is 3.87. The first-order valence-electron chi connectivity index (χ1n) is 7.43. The van der Waals surface area contributed by atoms with Crippen LogP contribution in [0.2, 0.25) is 0 Å². The van der Waals surface area contributed by atoms with Gasteiger partial charge in [0.1, 0.15) is 11.2 Å². The number of carboxylic acid groups (broad SMARTS) is 1. The third-order valence-electron chi connectivity index (χ3n) is 4.00. The Bertz CT molecular complexity index is 1010. The first kappa shape index (κ1) is 16.2. The van der Waals surface area contributed by atoms with Crippen molar-refractivity contribution in [2.45, 2.75) is 26.1 Å². The number of hydrogen-bond acceptors (Lipinski definition) is 5. The number of benzene rings is 2. The molecule has 6 nitrogen and oxygen atoms in total. The van der Waals surface area contributed by atoms with Crippen molar-refractivity contribution in [2.24, 2.45) is 0 Å². The standard InChI is InChI=1S/C18H16O6/c1-8(19)11-6-12(9(2)20)17-14(7-11)16(21)13-5-10(18(22)23)3-4-15(13)24-17/h3-9,19-20H,1-2H3,(H,22,23). The summed E-state index contributed by atoms with van der Waals surface area (Å²) in [7, 11) is 0. The molecule has 2 atom stereocenters. The molecular formula is C18H16O6. The number of hydrogen-bond donors (Lipinski definition) is 3. The van der Waals surface area contributed by atoms with Gasteiger partial charge in [0.15, 0.2) is 0 Å². The lowest BCUT2D eigenvalue weighted by Crippen LogP contribution is -2.08. The van der Waals surface area contributed by atoms with Gasteiger partial charge >= 0.3 is 5.97 Å². The number of carbonyl (C=O) groups is 1. The first-order chi connectivity index (χ1) is 11.3. The molecule has 0 fully saturated rings. The summed E-state index contributed by atoms with van der Waals surface area (Å²) in [6.07, 6.45) is -1.72. The van der Waals surface area contributed by atoms with E-state index in [1.54, 1.807) is 13.0 Å². The molecular weight excluding hydrogens is 312 g/mol. The van der Waals surface area contributed by atoms with Crippen LogP contribution in [0, 0.1) is 0 Å². The molecule has 0 radical (unpaired) electrons. The third kappa shape index (κ3) is 2.55. The molecule has 6 heteroatoms. The quantitative estimate of drug-likeness (QED) is 0.638. The van der Waals surface area contributed by atoms with Gasteiger partial charge in [0.05, 0.1) is 28.5 Å². The Morgan fingerprint density at radius 1 is 1.04 bits per heavy atom. The van der Waals surface area contributed by atoms with Gasteiger partial charge in [-0.25, -0.2) is 4.79 Å². The van der Waals surface area contributed by atoms with Gasteiger partial charge in [-0.3, -0.25) is 4.79 Å². The molecule has 0 saturated carbocycles. The molecule has 2 unspecified atom stereocenters. The minimum Gasteiger partial charge on any atom is -0.478 e. The van der Waals surface area contributed by atoms with Crippen molar-refractivity contribution in [3.63, 3.8) is 0 Å². The van der Waals surface area contributed by atoms with Crippen LogP contribution in [0.15, 0.2) is 39.5 Å². The van der Waals surface area contributed by atoms with Crippen molar-refractivity contribution in [3.8, 4) is 0 Å². The maximum atomic E-state index is 12.8. The molecule has 1 aromatic heterocycles. The summed E-state index contributed by atoms with van der Waals surface area (Å²) >= 11 is 0. The predicted octanol–water partition coefficient (Wildman–Crippen LogP) is 2.75. The second kappa shape index (κ2) is 5.74. The van der Waals surface area contributed by atoms with E-state index < -0.39 is 23.6 Å². The van der Waals surface area contributed by atoms with Crippen LogP contribution in [0.5, 0.6) is 0 Å². The number of carboxylic acids is 1. The lowest BCUT2D eigenvalue weighted by atomic mass is 9.98. The lowest BCUT2D eigenvalue weighted by molar-refractivity contribution is 0.0697. The van der Waals surface area contributed by atoms with Crippen LogP contribution in [0.4, 0.5) is 0 Å². The molecule has 2 aromatic carbocycles. The summed E-state index contributed by atoms with van der Waals surface area (Å²) in [6, 6.07) is 7.14. The Hall–Kier alpha value is -2.70. The van der Waals surface area contributed by atoms with Crippen molar-refractivity contribution in [1.82, 2.24) is 0 Å². The Labute approximate surface area is 136 Å². The van der Waals surface area contributed by atoms with Crippen molar-refractivity contribution in [2.75, 3.05) is 0 Å². The Balaban J connectivity index is 2.47. The van der Waals surface area contributed by atoms with Crippen LogP contribution in [0.25, 0.3) is 21.9 Å². The molecule has 0 saturated heterocycles. The van der Waals surface area contributed by atoms with E-state index in [4.69, 9.17) is 9.52 Å². The van der Waals surface area contributed by atoms with Gasteiger partial charge in [-0.1, -0.05) is 0 Å². The van der Waals surface area contributed by atoms with Crippen LogP contribution in [0.3, 0.4) is 0 Å². The van der Waals surface area contributed by atoms with Gasteiger partial charge in [-0.05, 0) is 49.7 Å². The Morgan fingerprint density at radius 3 is 2.33 bits per heavy atom. The molecule has 1 heterocycles.